The van der Waals surface area contributed by atoms with Gasteiger partial charge in [0.25, 0.3) is 0 Å². The molecule has 0 amide bonds. The Bertz CT molecular complexity index is 430. The first-order chi connectivity index (χ1) is 8.25. The van der Waals surface area contributed by atoms with Gasteiger partial charge < -0.3 is 5.73 Å². The van der Waals surface area contributed by atoms with E-state index in [0.29, 0.717) is 16.8 Å². The molecule has 1 heterocycles. The molecule has 18 heavy (non-hydrogen) atoms. The van der Waals surface area contributed by atoms with Crippen LogP contribution in [0.1, 0.15) is 68.3 Å². The molecule has 2 N–H and O–H groups in total. The van der Waals surface area contributed by atoms with Gasteiger partial charge in [0.2, 0.25) is 0 Å². The van der Waals surface area contributed by atoms with Crippen LogP contribution in [0.2, 0.25) is 0 Å². The first-order valence-electron chi connectivity index (χ1n) is 6.70. The van der Waals surface area contributed by atoms with Gasteiger partial charge in [-0.25, -0.2) is 0 Å². The molecule has 0 aliphatic heterocycles. The molecule has 0 aliphatic rings. The summed E-state index contributed by atoms with van der Waals surface area (Å²) in [5, 5.41) is 0.702. The van der Waals surface area contributed by atoms with Gasteiger partial charge in [-0.1, -0.05) is 41.5 Å². The molecule has 0 atom stereocenters. The third-order valence-electron chi connectivity index (χ3n) is 2.97. The summed E-state index contributed by atoms with van der Waals surface area (Å²) in [6, 6.07) is 0. The van der Waals surface area contributed by atoms with Crippen molar-refractivity contribution < 1.29 is 4.79 Å². The molecule has 0 aliphatic carbocycles. The van der Waals surface area contributed by atoms with Gasteiger partial charge in [0.15, 0.2) is 5.78 Å². The zero-order chi connectivity index (χ0) is 14.0. The molecule has 2 nitrogen and oxygen atoms in total. The van der Waals surface area contributed by atoms with Crippen molar-refractivity contribution in [2.75, 3.05) is 5.73 Å². The molecule has 3 heteroatoms. The van der Waals surface area contributed by atoms with E-state index in [-0.39, 0.29) is 11.7 Å². The molecule has 0 bridgehead atoms. The predicted octanol–water partition coefficient (Wildman–Crippen LogP) is 4.49. The minimum atomic E-state index is 0.00724. The molecule has 1 aromatic heterocycles. The average molecular weight is 267 g/mol. The molecule has 102 valence electrons. The van der Waals surface area contributed by atoms with Crippen molar-refractivity contribution in [1.82, 2.24) is 0 Å². The lowest BCUT2D eigenvalue weighted by Gasteiger charge is -2.13. The number of rotatable bonds is 5. The molecular formula is C15H25NOS. The number of ketones is 1. The third-order valence-corrected chi connectivity index (χ3v) is 4.33. The third kappa shape index (κ3) is 3.14. The Labute approximate surface area is 115 Å². The van der Waals surface area contributed by atoms with Crippen LogP contribution in [0.5, 0.6) is 0 Å². The molecule has 0 spiro atoms. The fourth-order valence-corrected chi connectivity index (χ4v) is 3.25. The predicted molar refractivity (Wildman–Crippen MR) is 80.5 cm³/mol. The average Bonchev–Trinajstić information content (AvgIpc) is 2.53. The maximum Gasteiger partial charge on any atom is 0.168 e. The molecular weight excluding hydrogens is 242 g/mol. The van der Waals surface area contributed by atoms with Gasteiger partial charge in [0.1, 0.15) is 0 Å². The van der Waals surface area contributed by atoms with Crippen LogP contribution < -0.4 is 5.73 Å². The van der Waals surface area contributed by atoms with E-state index in [2.05, 4.69) is 27.7 Å². The Morgan fingerprint density at radius 1 is 1.17 bits per heavy atom. The van der Waals surface area contributed by atoms with Crippen LogP contribution in [0.4, 0.5) is 5.00 Å². The number of hydrogen-bond donors (Lipinski definition) is 1. The molecule has 0 aromatic carbocycles. The summed E-state index contributed by atoms with van der Waals surface area (Å²) < 4.78 is 0. The van der Waals surface area contributed by atoms with Gasteiger partial charge in [-0.2, -0.15) is 0 Å². The van der Waals surface area contributed by atoms with Gasteiger partial charge in [-0.05, 0) is 23.8 Å². The van der Waals surface area contributed by atoms with E-state index < -0.39 is 0 Å². The van der Waals surface area contributed by atoms with E-state index in [0.717, 1.165) is 12.0 Å². The van der Waals surface area contributed by atoms with Crippen molar-refractivity contribution in [3.63, 3.8) is 0 Å². The monoisotopic (exact) mass is 267 g/mol. The first-order valence-corrected chi connectivity index (χ1v) is 7.52. The Balaban J connectivity index is 3.35. The minimum Gasteiger partial charge on any atom is -0.390 e. The lowest BCUT2D eigenvalue weighted by atomic mass is 9.91. The highest BCUT2D eigenvalue weighted by molar-refractivity contribution is 7.16. The lowest BCUT2D eigenvalue weighted by molar-refractivity contribution is 0.0939. The lowest BCUT2D eigenvalue weighted by Crippen LogP contribution is -2.12. The van der Waals surface area contributed by atoms with E-state index in [1.54, 1.807) is 11.3 Å². The standard InChI is InChI=1S/C15H25NOS/c1-8(2)7-11-12(13(17)9(3)4)15(16)18-14(11)10(5)6/h8-10H,7,16H2,1-6H3. The second kappa shape index (κ2) is 5.87. The fourth-order valence-electron chi connectivity index (χ4n) is 2.14. The molecule has 0 saturated heterocycles. The van der Waals surface area contributed by atoms with Crippen LogP contribution in [-0.4, -0.2) is 5.78 Å². The van der Waals surface area contributed by atoms with Crippen molar-refractivity contribution in [2.24, 2.45) is 11.8 Å². The Hall–Kier alpha value is -0.830. The van der Waals surface area contributed by atoms with E-state index >= 15 is 0 Å². The maximum atomic E-state index is 12.3. The molecule has 1 aromatic rings. The molecule has 0 unspecified atom stereocenters. The normalized spacial score (nSPS) is 11.8. The number of thiophene rings is 1. The summed E-state index contributed by atoms with van der Waals surface area (Å²) in [6.45, 7) is 12.6. The fraction of sp³-hybridized carbons (Fsp3) is 0.667. The van der Waals surface area contributed by atoms with Gasteiger partial charge in [0.05, 0.1) is 10.6 Å². The first kappa shape index (κ1) is 15.2. The highest BCUT2D eigenvalue weighted by Crippen LogP contribution is 2.38. The van der Waals surface area contributed by atoms with Crippen molar-refractivity contribution in [3.05, 3.63) is 16.0 Å². The molecule has 1 rings (SSSR count). The highest BCUT2D eigenvalue weighted by atomic mass is 32.1. The number of Topliss-reactive ketones (excluding diaryl/α,β-unsaturated/α-hetero) is 1. The number of nitrogen functional groups attached to an aromatic ring is 1. The van der Waals surface area contributed by atoms with E-state index in [4.69, 9.17) is 5.73 Å². The van der Waals surface area contributed by atoms with Gasteiger partial charge in [-0.15, -0.1) is 11.3 Å². The Kier molecular flexibility index (Phi) is 4.97. The SMILES string of the molecule is CC(C)Cc1c(C(C)C)sc(N)c1C(=O)C(C)C. The number of hydrogen-bond acceptors (Lipinski definition) is 3. The van der Waals surface area contributed by atoms with E-state index in [1.807, 2.05) is 13.8 Å². The maximum absolute atomic E-state index is 12.3. The van der Waals surface area contributed by atoms with Gasteiger partial charge in [0, 0.05) is 10.8 Å². The molecule has 0 radical (unpaired) electrons. The van der Waals surface area contributed by atoms with Crippen LogP contribution in [-0.2, 0) is 6.42 Å². The Morgan fingerprint density at radius 3 is 2.11 bits per heavy atom. The second-order valence-electron chi connectivity index (χ2n) is 5.96. The molecule has 0 saturated carbocycles. The van der Waals surface area contributed by atoms with Crippen molar-refractivity contribution >= 4 is 22.1 Å². The van der Waals surface area contributed by atoms with E-state index in [9.17, 15) is 4.79 Å². The topological polar surface area (TPSA) is 43.1 Å². The smallest absolute Gasteiger partial charge is 0.168 e. The minimum absolute atomic E-state index is 0.00724. The van der Waals surface area contributed by atoms with Crippen molar-refractivity contribution in [3.8, 4) is 0 Å². The van der Waals surface area contributed by atoms with E-state index in [1.165, 1.54) is 10.4 Å². The largest absolute Gasteiger partial charge is 0.390 e. The number of anilines is 1. The van der Waals surface area contributed by atoms with Crippen molar-refractivity contribution in [1.29, 1.82) is 0 Å². The van der Waals surface area contributed by atoms with Crippen molar-refractivity contribution in [2.45, 2.75) is 53.9 Å². The van der Waals surface area contributed by atoms with Crippen LogP contribution >= 0.6 is 11.3 Å². The summed E-state index contributed by atoms with van der Waals surface area (Å²) in [7, 11) is 0. The van der Waals surface area contributed by atoms with Crippen LogP contribution in [0.25, 0.3) is 0 Å². The van der Waals surface area contributed by atoms with Crippen LogP contribution in [0, 0.1) is 11.8 Å². The quantitative estimate of drug-likeness (QED) is 0.799. The zero-order valence-corrected chi connectivity index (χ0v) is 13.1. The summed E-state index contributed by atoms with van der Waals surface area (Å²) in [4.78, 5) is 13.6. The van der Waals surface area contributed by atoms with Crippen LogP contribution in [0.15, 0.2) is 0 Å². The van der Waals surface area contributed by atoms with Gasteiger partial charge >= 0.3 is 0 Å². The second-order valence-corrected chi connectivity index (χ2v) is 7.04. The zero-order valence-electron chi connectivity index (χ0n) is 12.3. The summed E-state index contributed by atoms with van der Waals surface area (Å²) >= 11 is 1.59. The number of nitrogens with two attached hydrogens (primary N) is 1. The van der Waals surface area contributed by atoms with Gasteiger partial charge in [-0.3, -0.25) is 4.79 Å². The molecule has 0 fully saturated rings. The summed E-state index contributed by atoms with van der Waals surface area (Å²) in [6.07, 6.45) is 0.939. The van der Waals surface area contributed by atoms with Crippen LogP contribution in [0.3, 0.4) is 0 Å². The summed E-state index contributed by atoms with van der Waals surface area (Å²) in [5.74, 6) is 1.16. The Morgan fingerprint density at radius 2 is 1.72 bits per heavy atom. The number of carbonyl (C=O) groups excluding carboxylic acids is 1. The number of carbonyl (C=O) groups is 1. The summed E-state index contributed by atoms with van der Waals surface area (Å²) in [5.41, 5.74) is 8.09. The highest BCUT2D eigenvalue weighted by Gasteiger charge is 2.25.